The quantitative estimate of drug-likeness (QED) is 0.344. The number of pyridine rings is 1. The van der Waals surface area contributed by atoms with Gasteiger partial charge in [-0.1, -0.05) is 38.4 Å². The van der Waals surface area contributed by atoms with Crippen molar-refractivity contribution in [1.29, 1.82) is 0 Å². The number of aromatic nitrogens is 1. The fourth-order valence-electron chi connectivity index (χ4n) is 3.10. The number of nitrogens with zero attached hydrogens (tertiary/aromatic N) is 1. The summed E-state index contributed by atoms with van der Waals surface area (Å²) in [7, 11) is 0.360. The molecular formula is C17H29ClN2O3Si. The SMILES string of the molecule is CCOC(=O)C(NC(C)C)(O[SiH3])C(c1cccnc1Cl)C(C)(C)C. The maximum Gasteiger partial charge on any atom is 0.353 e. The first-order valence-electron chi connectivity index (χ1n) is 8.20. The van der Waals surface area contributed by atoms with Crippen molar-refractivity contribution >= 4 is 28.1 Å². The van der Waals surface area contributed by atoms with Gasteiger partial charge >= 0.3 is 5.97 Å². The molecule has 2 unspecified atom stereocenters. The van der Waals surface area contributed by atoms with E-state index in [1.807, 2.05) is 26.0 Å². The van der Waals surface area contributed by atoms with Crippen LogP contribution in [0.1, 0.15) is 53.0 Å². The van der Waals surface area contributed by atoms with Gasteiger partial charge in [0.1, 0.15) is 15.6 Å². The normalized spacial score (nSPS) is 16.0. The summed E-state index contributed by atoms with van der Waals surface area (Å²) >= 11 is 6.37. The molecule has 1 rings (SSSR count). The van der Waals surface area contributed by atoms with Crippen LogP contribution in [0.25, 0.3) is 0 Å². The molecule has 136 valence electrons. The molecule has 0 aliphatic carbocycles. The summed E-state index contributed by atoms with van der Waals surface area (Å²) in [6.45, 7) is 12.2. The Kier molecular flexibility index (Phi) is 7.40. The number of carbonyl (C=O) groups excluding carboxylic acids is 1. The molecule has 0 aliphatic heterocycles. The highest BCUT2D eigenvalue weighted by atomic mass is 35.5. The maximum absolute atomic E-state index is 13.0. The van der Waals surface area contributed by atoms with Gasteiger partial charge in [0.05, 0.1) is 6.61 Å². The second-order valence-electron chi connectivity index (χ2n) is 7.14. The topological polar surface area (TPSA) is 60.5 Å². The van der Waals surface area contributed by atoms with E-state index in [2.05, 4.69) is 31.1 Å². The van der Waals surface area contributed by atoms with Crippen LogP contribution in [-0.4, -0.2) is 39.8 Å². The van der Waals surface area contributed by atoms with Crippen molar-refractivity contribution in [2.45, 2.75) is 59.2 Å². The summed E-state index contributed by atoms with van der Waals surface area (Å²) in [4.78, 5) is 17.1. The van der Waals surface area contributed by atoms with Crippen molar-refractivity contribution in [3.8, 4) is 0 Å². The van der Waals surface area contributed by atoms with Gasteiger partial charge in [-0.05, 0) is 37.8 Å². The predicted octanol–water partition coefficient (Wildman–Crippen LogP) is 2.42. The minimum absolute atomic E-state index is 0.0173. The molecule has 0 spiro atoms. The molecule has 0 radical (unpaired) electrons. The summed E-state index contributed by atoms with van der Waals surface area (Å²) in [5, 5.41) is 3.68. The molecule has 24 heavy (non-hydrogen) atoms. The number of hydrogen-bond acceptors (Lipinski definition) is 5. The van der Waals surface area contributed by atoms with Crippen molar-refractivity contribution in [1.82, 2.24) is 10.3 Å². The summed E-state index contributed by atoms with van der Waals surface area (Å²) in [6.07, 6.45) is 1.63. The molecule has 7 heteroatoms. The lowest BCUT2D eigenvalue weighted by Crippen LogP contribution is -2.63. The van der Waals surface area contributed by atoms with E-state index in [9.17, 15) is 4.79 Å². The largest absolute Gasteiger partial charge is 0.463 e. The molecule has 0 saturated carbocycles. The monoisotopic (exact) mass is 372 g/mol. The minimum Gasteiger partial charge on any atom is -0.463 e. The van der Waals surface area contributed by atoms with Crippen molar-refractivity contribution in [2.24, 2.45) is 5.41 Å². The molecule has 1 aromatic rings. The predicted molar refractivity (Wildman–Crippen MR) is 100 cm³/mol. The van der Waals surface area contributed by atoms with Gasteiger partial charge in [-0.2, -0.15) is 0 Å². The van der Waals surface area contributed by atoms with E-state index in [-0.39, 0.29) is 24.0 Å². The Morgan fingerprint density at radius 2 is 2.04 bits per heavy atom. The van der Waals surface area contributed by atoms with Crippen molar-refractivity contribution in [3.63, 3.8) is 0 Å². The number of carbonyl (C=O) groups is 1. The lowest BCUT2D eigenvalue weighted by Gasteiger charge is -2.46. The Hall–Kier alpha value is -0.953. The third-order valence-electron chi connectivity index (χ3n) is 3.78. The number of halogens is 1. The molecule has 2 atom stereocenters. The Balaban J connectivity index is 3.63. The van der Waals surface area contributed by atoms with E-state index < -0.39 is 11.7 Å². The van der Waals surface area contributed by atoms with Crippen LogP contribution in [0.4, 0.5) is 0 Å². The summed E-state index contributed by atoms with van der Waals surface area (Å²) < 4.78 is 11.3. The smallest absolute Gasteiger partial charge is 0.353 e. The summed E-state index contributed by atoms with van der Waals surface area (Å²) in [6, 6.07) is 3.73. The zero-order valence-corrected chi connectivity index (χ0v) is 18.4. The van der Waals surface area contributed by atoms with Crippen LogP contribution < -0.4 is 5.32 Å². The molecule has 0 saturated heterocycles. The van der Waals surface area contributed by atoms with Crippen molar-refractivity contribution < 1.29 is 14.0 Å². The highest BCUT2D eigenvalue weighted by Crippen LogP contribution is 2.46. The molecule has 5 nitrogen and oxygen atoms in total. The van der Waals surface area contributed by atoms with E-state index in [0.717, 1.165) is 5.56 Å². The molecule has 0 amide bonds. The second kappa shape index (κ2) is 8.42. The van der Waals surface area contributed by atoms with Gasteiger partial charge in [0, 0.05) is 18.2 Å². The summed E-state index contributed by atoms with van der Waals surface area (Å²) in [5.41, 5.74) is -0.865. The Bertz CT molecular complexity index is 563. The number of rotatable bonds is 7. The van der Waals surface area contributed by atoms with Gasteiger partial charge in [-0.25, -0.2) is 9.78 Å². The molecule has 0 aliphatic rings. The highest BCUT2D eigenvalue weighted by molar-refractivity contribution is 6.30. The van der Waals surface area contributed by atoms with Crippen LogP contribution in [0.3, 0.4) is 0 Å². The molecular weight excluding hydrogens is 344 g/mol. The van der Waals surface area contributed by atoms with Gasteiger partial charge in [0.15, 0.2) is 0 Å². The van der Waals surface area contributed by atoms with E-state index >= 15 is 0 Å². The lowest BCUT2D eigenvalue weighted by molar-refractivity contribution is -0.172. The summed E-state index contributed by atoms with van der Waals surface area (Å²) in [5.74, 6) is -0.793. The van der Waals surface area contributed by atoms with Crippen LogP contribution in [0, 0.1) is 5.41 Å². The molecule has 0 bridgehead atoms. The van der Waals surface area contributed by atoms with Gasteiger partial charge in [-0.15, -0.1) is 0 Å². The molecule has 0 aromatic carbocycles. The third-order valence-corrected chi connectivity index (χ3v) is 4.74. The Labute approximate surface area is 153 Å². The zero-order chi connectivity index (χ0) is 18.5. The van der Waals surface area contributed by atoms with E-state index in [1.54, 1.807) is 13.1 Å². The van der Waals surface area contributed by atoms with E-state index in [1.165, 1.54) is 0 Å². The number of ether oxygens (including phenoxy) is 1. The first-order chi connectivity index (χ1) is 11.1. The van der Waals surface area contributed by atoms with Crippen LogP contribution >= 0.6 is 11.6 Å². The Morgan fingerprint density at radius 1 is 1.42 bits per heavy atom. The number of esters is 1. The van der Waals surface area contributed by atoms with E-state index in [4.69, 9.17) is 20.8 Å². The van der Waals surface area contributed by atoms with Crippen molar-refractivity contribution in [2.75, 3.05) is 6.61 Å². The van der Waals surface area contributed by atoms with Gasteiger partial charge in [0.25, 0.3) is 0 Å². The molecule has 1 aromatic heterocycles. The first-order valence-corrected chi connectivity index (χ1v) is 9.40. The zero-order valence-electron chi connectivity index (χ0n) is 15.6. The van der Waals surface area contributed by atoms with Crippen LogP contribution in [-0.2, 0) is 14.0 Å². The average Bonchev–Trinajstić information content (AvgIpc) is 2.46. The molecule has 1 N–H and O–H groups in total. The van der Waals surface area contributed by atoms with Gasteiger partial charge in [0.2, 0.25) is 5.72 Å². The van der Waals surface area contributed by atoms with Gasteiger partial charge < -0.3 is 9.16 Å². The second-order valence-corrected chi connectivity index (χ2v) is 7.91. The van der Waals surface area contributed by atoms with Crippen LogP contribution in [0.2, 0.25) is 5.15 Å². The number of hydrogen-bond donors (Lipinski definition) is 1. The van der Waals surface area contributed by atoms with Crippen LogP contribution in [0.15, 0.2) is 18.3 Å². The molecule has 1 heterocycles. The van der Waals surface area contributed by atoms with Crippen molar-refractivity contribution in [3.05, 3.63) is 29.0 Å². The lowest BCUT2D eigenvalue weighted by atomic mass is 9.70. The highest BCUT2D eigenvalue weighted by Gasteiger charge is 2.53. The maximum atomic E-state index is 13.0. The first kappa shape index (κ1) is 21.1. The van der Waals surface area contributed by atoms with E-state index in [0.29, 0.717) is 15.6 Å². The van der Waals surface area contributed by atoms with Gasteiger partial charge in [-0.3, -0.25) is 5.32 Å². The fourth-order valence-corrected chi connectivity index (χ4v) is 3.85. The Morgan fingerprint density at radius 3 is 2.46 bits per heavy atom. The third kappa shape index (κ3) is 4.56. The standard InChI is InChI=1S/C17H29ClN2O3Si/c1-7-22-15(21)17(23-24,20-11(2)3)13(16(4,5)6)12-9-8-10-19-14(12)18/h8-11,13,20H,7H2,1-6,24H3. The minimum atomic E-state index is -1.30. The van der Waals surface area contributed by atoms with Crippen LogP contribution in [0.5, 0.6) is 0 Å². The number of nitrogens with one attached hydrogen (secondary N) is 1. The molecule has 0 fully saturated rings. The fraction of sp³-hybridized carbons (Fsp3) is 0.647. The average molecular weight is 373 g/mol.